The molecule has 4 aliphatic rings. The molecule has 0 bridgehead atoms. The smallest absolute Gasteiger partial charge is 0.167 e. The molecule has 4 fully saturated rings. The first-order valence-electron chi connectivity index (χ1n) is 9.58. The molecule has 0 aliphatic heterocycles. The van der Waals surface area contributed by atoms with Crippen LogP contribution in [0.5, 0.6) is 0 Å². The molecular weight excluding hydrogens is 291 g/mol. The van der Waals surface area contributed by atoms with Crippen molar-refractivity contribution in [1.82, 2.24) is 0 Å². The molecule has 8 atom stereocenters. The summed E-state index contributed by atoms with van der Waals surface area (Å²) < 4.78 is 14.2. The molecule has 0 radical (unpaired) electrons. The van der Waals surface area contributed by atoms with Gasteiger partial charge >= 0.3 is 0 Å². The van der Waals surface area contributed by atoms with E-state index in [4.69, 9.17) is 0 Å². The van der Waals surface area contributed by atoms with Gasteiger partial charge in [0, 0.05) is 6.42 Å². The fourth-order valence-corrected chi connectivity index (χ4v) is 7.30. The number of ketones is 1. The highest BCUT2D eigenvalue weighted by Crippen LogP contribution is 2.68. The lowest BCUT2D eigenvalue weighted by Gasteiger charge is -2.61. The van der Waals surface area contributed by atoms with Gasteiger partial charge in [0.15, 0.2) is 12.0 Å². The van der Waals surface area contributed by atoms with Crippen LogP contribution in [0, 0.1) is 34.5 Å². The SMILES string of the molecule is C[C@]12C[C@@H](F)C(=O)C[C@@H]1CC[C@@H]1[C@@H]2CC[C@@]2(C)[C@H]1CC[C@]2(C)O. The summed E-state index contributed by atoms with van der Waals surface area (Å²) in [5.41, 5.74) is -0.533. The Kier molecular flexibility index (Phi) is 3.35. The average Bonchev–Trinajstić information content (AvgIpc) is 2.71. The Bertz CT molecular complexity index is 530. The minimum Gasteiger partial charge on any atom is -0.390 e. The highest BCUT2D eigenvalue weighted by molar-refractivity contribution is 5.84. The minimum absolute atomic E-state index is 0.00792. The number of carbonyl (C=O) groups excluding carboxylic acids is 1. The van der Waals surface area contributed by atoms with Gasteiger partial charge in [-0.1, -0.05) is 13.8 Å². The third kappa shape index (κ3) is 1.98. The maximum atomic E-state index is 14.2. The van der Waals surface area contributed by atoms with Gasteiger partial charge in [-0.2, -0.15) is 0 Å². The van der Waals surface area contributed by atoms with Gasteiger partial charge < -0.3 is 5.11 Å². The van der Waals surface area contributed by atoms with Gasteiger partial charge in [0.05, 0.1) is 5.60 Å². The topological polar surface area (TPSA) is 37.3 Å². The summed E-state index contributed by atoms with van der Waals surface area (Å²) in [6, 6.07) is 0. The Balaban J connectivity index is 1.66. The Labute approximate surface area is 139 Å². The standard InChI is InChI=1S/C20H31FO2/c1-18-11-16(21)17(22)10-12(18)4-5-13-14(18)6-8-19(2)15(13)7-9-20(19,3)23/h12-16,23H,4-11H2,1-3H3/t12-,13+,14-,15-,16+,18-,19-,20-/m0/s1. The molecule has 4 rings (SSSR count). The molecule has 0 unspecified atom stereocenters. The third-order valence-corrected chi connectivity index (χ3v) is 9.04. The molecular formula is C20H31FO2. The monoisotopic (exact) mass is 322 g/mol. The van der Waals surface area contributed by atoms with E-state index >= 15 is 0 Å². The molecule has 2 nitrogen and oxygen atoms in total. The third-order valence-electron chi connectivity index (χ3n) is 9.04. The van der Waals surface area contributed by atoms with E-state index < -0.39 is 11.8 Å². The van der Waals surface area contributed by atoms with E-state index in [2.05, 4.69) is 13.8 Å². The Morgan fingerprint density at radius 1 is 1.04 bits per heavy atom. The van der Waals surface area contributed by atoms with Crippen molar-refractivity contribution >= 4 is 5.78 Å². The lowest BCUT2D eigenvalue weighted by molar-refractivity contribution is -0.160. The normalized spacial score (nSPS) is 59.2. The Morgan fingerprint density at radius 2 is 1.74 bits per heavy atom. The molecule has 0 heterocycles. The first-order valence-corrected chi connectivity index (χ1v) is 9.58. The zero-order valence-electron chi connectivity index (χ0n) is 14.8. The molecule has 1 N–H and O–H groups in total. The van der Waals surface area contributed by atoms with Crippen LogP contribution in [0.4, 0.5) is 4.39 Å². The molecule has 0 aromatic rings. The van der Waals surface area contributed by atoms with Crippen LogP contribution in [0.3, 0.4) is 0 Å². The van der Waals surface area contributed by atoms with Gasteiger partial charge in [-0.3, -0.25) is 4.79 Å². The molecule has 0 aromatic heterocycles. The first kappa shape index (κ1) is 16.1. The Hall–Kier alpha value is -0.440. The van der Waals surface area contributed by atoms with E-state index in [1.54, 1.807) is 0 Å². The predicted octanol–water partition coefficient (Wildman–Crippen LogP) is 4.30. The summed E-state index contributed by atoms with van der Waals surface area (Å²) in [5.74, 6) is 1.96. The molecule has 0 aromatic carbocycles. The number of carbonyl (C=O) groups is 1. The summed E-state index contributed by atoms with van der Waals surface area (Å²) in [6.45, 7) is 6.58. The van der Waals surface area contributed by atoms with Gasteiger partial charge in [-0.05, 0) is 86.4 Å². The fourth-order valence-electron chi connectivity index (χ4n) is 7.30. The van der Waals surface area contributed by atoms with Crippen molar-refractivity contribution in [1.29, 1.82) is 0 Å². The van der Waals surface area contributed by atoms with Gasteiger partial charge in [-0.25, -0.2) is 4.39 Å². The van der Waals surface area contributed by atoms with E-state index in [1.807, 2.05) is 6.92 Å². The Morgan fingerprint density at radius 3 is 2.48 bits per heavy atom. The lowest BCUT2D eigenvalue weighted by Crippen LogP contribution is -2.57. The van der Waals surface area contributed by atoms with Crippen molar-refractivity contribution in [2.24, 2.45) is 34.5 Å². The largest absolute Gasteiger partial charge is 0.390 e. The second kappa shape index (κ2) is 4.80. The summed E-state index contributed by atoms with van der Waals surface area (Å²) in [7, 11) is 0. The summed E-state index contributed by atoms with van der Waals surface area (Å²) in [6.07, 6.45) is 6.08. The van der Waals surface area contributed by atoms with Crippen LogP contribution in [0.15, 0.2) is 0 Å². The van der Waals surface area contributed by atoms with E-state index in [0.29, 0.717) is 36.5 Å². The zero-order valence-corrected chi connectivity index (χ0v) is 14.8. The van der Waals surface area contributed by atoms with Crippen molar-refractivity contribution < 1.29 is 14.3 Å². The molecule has 0 amide bonds. The van der Waals surface area contributed by atoms with E-state index in [1.165, 1.54) is 6.42 Å². The zero-order chi connectivity index (χ0) is 16.6. The van der Waals surface area contributed by atoms with Gasteiger partial charge in [0.2, 0.25) is 0 Å². The van der Waals surface area contributed by atoms with Gasteiger partial charge in [-0.15, -0.1) is 0 Å². The summed E-state index contributed by atoms with van der Waals surface area (Å²) >= 11 is 0. The van der Waals surface area contributed by atoms with Crippen molar-refractivity contribution in [3.8, 4) is 0 Å². The number of Topliss-reactive ketones (excluding diaryl/α,β-unsaturated/α-hetero) is 1. The van der Waals surface area contributed by atoms with Crippen LogP contribution in [-0.2, 0) is 4.79 Å². The number of alkyl halides is 1. The molecule has 0 spiro atoms. The molecule has 130 valence electrons. The summed E-state index contributed by atoms with van der Waals surface area (Å²) in [4.78, 5) is 11.9. The number of hydrogen-bond acceptors (Lipinski definition) is 2. The number of fused-ring (bicyclic) bond motifs is 5. The van der Waals surface area contributed by atoms with Crippen molar-refractivity contribution in [3.05, 3.63) is 0 Å². The number of hydrogen-bond donors (Lipinski definition) is 1. The lowest BCUT2D eigenvalue weighted by atomic mass is 9.44. The predicted molar refractivity (Wildman–Crippen MR) is 87.6 cm³/mol. The van der Waals surface area contributed by atoms with Crippen molar-refractivity contribution in [3.63, 3.8) is 0 Å². The quantitative estimate of drug-likeness (QED) is 0.722. The van der Waals surface area contributed by atoms with Crippen LogP contribution in [0.2, 0.25) is 0 Å². The number of halogens is 1. The second-order valence-electron chi connectivity index (χ2n) is 9.77. The second-order valence-corrected chi connectivity index (χ2v) is 9.77. The minimum atomic E-state index is -1.24. The van der Waals surface area contributed by atoms with E-state index in [0.717, 1.165) is 32.1 Å². The van der Waals surface area contributed by atoms with Crippen LogP contribution in [0.1, 0.15) is 72.1 Å². The maximum absolute atomic E-state index is 14.2. The first-order chi connectivity index (χ1) is 10.7. The maximum Gasteiger partial charge on any atom is 0.167 e. The summed E-state index contributed by atoms with van der Waals surface area (Å²) in [5, 5.41) is 10.9. The van der Waals surface area contributed by atoms with Crippen LogP contribution in [0.25, 0.3) is 0 Å². The van der Waals surface area contributed by atoms with Gasteiger partial charge in [0.1, 0.15) is 0 Å². The molecule has 0 saturated heterocycles. The fraction of sp³-hybridized carbons (Fsp3) is 0.950. The van der Waals surface area contributed by atoms with Gasteiger partial charge in [0.25, 0.3) is 0 Å². The highest BCUT2D eigenvalue weighted by atomic mass is 19.1. The van der Waals surface area contributed by atoms with Crippen LogP contribution in [-0.4, -0.2) is 22.7 Å². The molecule has 3 heteroatoms. The van der Waals surface area contributed by atoms with Crippen LogP contribution >= 0.6 is 0 Å². The molecule has 23 heavy (non-hydrogen) atoms. The highest BCUT2D eigenvalue weighted by Gasteiger charge is 2.63. The average molecular weight is 322 g/mol. The van der Waals surface area contributed by atoms with Crippen LogP contribution < -0.4 is 0 Å². The molecule has 4 saturated carbocycles. The van der Waals surface area contributed by atoms with Crippen molar-refractivity contribution in [2.45, 2.75) is 83.9 Å². The van der Waals surface area contributed by atoms with E-state index in [-0.39, 0.29) is 16.6 Å². The molecule has 4 aliphatic carbocycles. The number of rotatable bonds is 0. The van der Waals surface area contributed by atoms with E-state index in [9.17, 15) is 14.3 Å². The van der Waals surface area contributed by atoms with Crippen molar-refractivity contribution in [2.75, 3.05) is 0 Å². The number of aliphatic hydroxyl groups is 1.